The topological polar surface area (TPSA) is 25.8 Å². The quantitative estimate of drug-likeness (QED) is 0.118. The molecule has 0 bridgehead atoms. The number of hydrogen-bond acceptors (Lipinski definition) is 3. The van der Waals surface area contributed by atoms with Crippen molar-refractivity contribution in [2.75, 3.05) is 0 Å². The first-order valence-electron chi connectivity index (χ1n) is 18.4. The van der Waals surface area contributed by atoms with Gasteiger partial charge in [-0.2, -0.15) is 11.3 Å². The summed E-state index contributed by atoms with van der Waals surface area (Å²) >= 11 is 1.60. The van der Waals surface area contributed by atoms with Crippen molar-refractivity contribution in [3.05, 3.63) is 186 Å². The molecule has 0 saturated carbocycles. The van der Waals surface area contributed by atoms with Crippen molar-refractivity contribution in [1.82, 2.24) is 9.97 Å². The Morgan fingerprint density at radius 3 is 2.06 bits per heavy atom. The van der Waals surface area contributed by atoms with Gasteiger partial charge in [0.2, 0.25) is 0 Å². The minimum Gasteiger partial charge on any atom is -0.305 e. The molecule has 0 aliphatic rings. The van der Waals surface area contributed by atoms with Gasteiger partial charge in [0.1, 0.15) is 5.82 Å². The third-order valence-corrected chi connectivity index (χ3v) is 11.4. The molecule has 2 nitrogen and oxygen atoms in total. The molecule has 255 valence electrons. The van der Waals surface area contributed by atoms with Crippen LogP contribution in [0.2, 0.25) is 19.6 Å². The van der Waals surface area contributed by atoms with E-state index >= 15 is 0 Å². The van der Waals surface area contributed by atoms with E-state index in [0.29, 0.717) is 22.4 Å². The number of nitrogens with zero attached hydrogens (tertiary/aromatic N) is 2. The maximum atomic E-state index is 13.8. The molecule has 0 amide bonds. The number of fused-ring (bicyclic) bond motifs is 3. The smallest absolute Gasteiger partial charge is 0.123 e. The zero-order valence-electron chi connectivity index (χ0n) is 32.4. The number of aromatic nitrogens is 2. The van der Waals surface area contributed by atoms with Crippen molar-refractivity contribution in [1.29, 1.82) is 0 Å². The van der Waals surface area contributed by atoms with Gasteiger partial charge in [0, 0.05) is 42.7 Å². The predicted molar refractivity (Wildman–Crippen MR) is 211 cm³/mol. The number of thiophene rings is 1. The Kier molecular flexibility index (Phi) is 9.89. The average Bonchev–Trinajstić information content (AvgIpc) is 3.55. The van der Waals surface area contributed by atoms with Crippen LogP contribution in [0, 0.1) is 17.9 Å². The summed E-state index contributed by atoms with van der Waals surface area (Å²) < 4.78 is 50.7. The summed E-state index contributed by atoms with van der Waals surface area (Å²) in [7, 11) is -1.76. The molecule has 0 saturated heterocycles. The van der Waals surface area contributed by atoms with Crippen molar-refractivity contribution in [2.24, 2.45) is 0 Å². The molecule has 8 rings (SSSR count). The fraction of sp³-hybridized carbons (Fsp3) is 0.111. The van der Waals surface area contributed by atoms with Crippen LogP contribution in [0.1, 0.15) is 27.7 Å². The molecule has 0 fully saturated rings. The number of benzene rings is 5. The van der Waals surface area contributed by atoms with E-state index in [1.165, 1.54) is 6.07 Å². The Morgan fingerprint density at radius 2 is 1.35 bits per heavy atom. The minimum atomic E-state index is -1.76. The maximum Gasteiger partial charge on any atom is 0.123 e. The van der Waals surface area contributed by atoms with Crippen LogP contribution in [0.3, 0.4) is 0 Å². The van der Waals surface area contributed by atoms with Gasteiger partial charge < -0.3 is 9.97 Å². The summed E-state index contributed by atoms with van der Waals surface area (Å²) in [5, 5.41) is 2.88. The van der Waals surface area contributed by atoms with Gasteiger partial charge in [-0.1, -0.05) is 103 Å². The molecular weight excluding hydrogens is 840 g/mol. The Morgan fingerprint density at radius 1 is 0.667 bits per heavy atom. The Labute approximate surface area is 324 Å². The van der Waals surface area contributed by atoms with Crippen LogP contribution in [-0.2, 0) is 32.9 Å². The van der Waals surface area contributed by atoms with Gasteiger partial charge in [-0.15, -0.1) is 59.7 Å². The van der Waals surface area contributed by atoms with Gasteiger partial charge in [0.05, 0.1) is 8.07 Å². The second-order valence-electron chi connectivity index (χ2n) is 12.9. The molecule has 0 spiro atoms. The van der Waals surface area contributed by atoms with Crippen molar-refractivity contribution < 1.29 is 30.0 Å². The molecular formula is C45H37FIrN2SSi-2. The second-order valence-corrected chi connectivity index (χ2v) is 19.0. The third kappa shape index (κ3) is 8.84. The van der Waals surface area contributed by atoms with Crippen LogP contribution in [0.4, 0.5) is 4.39 Å². The van der Waals surface area contributed by atoms with Gasteiger partial charge in [-0.25, -0.2) is 4.39 Å². The van der Waals surface area contributed by atoms with E-state index in [1.807, 2.05) is 97.2 Å². The van der Waals surface area contributed by atoms with Gasteiger partial charge >= 0.3 is 0 Å². The molecule has 51 heavy (non-hydrogen) atoms. The summed E-state index contributed by atoms with van der Waals surface area (Å²) in [6.07, 6.45) is 0.290. The summed E-state index contributed by atoms with van der Waals surface area (Å²) in [6, 6.07) is 46.6. The van der Waals surface area contributed by atoms with Crippen LogP contribution in [0.5, 0.6) is 0 Å². The zero-order chi connectivity index (χ0) is 38.1. The summed E-state index contributed by atoms with van der Waals surface area (Å²) in [4.78, 5) is 9.06. The first-order valence-corrected chi connectivity index (χ1v) is 20.7. The van der Waals surface area contributed by atoms with Gasteiger partial charge in [-0.3, -0.25) is 0 Å². The molecule has 0 unspecified atom stereocenters. The Hall–Kier alpha value is -4.58. The SMILES string of the molecule is [2H]C([2H])(c1ccccc1)c1cc(-c2[c-]cccc2)ncc1[Si](C)(C)C.[2H]C([2H])(c1ccccc1)c1ccnc(-c2[c-]cc3sc4ccc(F)cc4c3c2)c1.[Ir]. The summed E-state index contributed by atoms with van der Waals surface area (Å²) in [6.45, 7) is 6.68. The normalized spacial score (nSPS) is 12.9. The van der Waals surface area contributed by atoms with E-state index < -0.39 is 20.8 Å². The Balaban J connectivity index is 0.000000186. The maximum absolute atomic E-state index is 13.8. The second kappa shape index (κ2) is 16.2. The van der Waals surface area contributed by atoms with Crippen molar-refractivity contribution in [3.8, 4) is 22.5 Å². The largest absolute Gasteiger partial charge is 0.305 e. The van der Waals surface area contributed by atoms with Crippen LogP contribution >= 0.6 is 11.3 Å². The average molecular weight is 881 g/mol. The molecule has 0 N–H and O–H groups in total. The van der Waals surface area contributed by atoms with Crippen molar-refractivity contribution in [2.45, 2.75) is 32.4 Å². The van der Waals surface area contributed by atoms with E-state index in [-0.39, 0.29) is 25.9 Å². The molecule has 0 aliphatic carbocycles. The molecule has 1 radical (unpaired) electrons. The van der Waals surface area contributed by atoms with Crippen LogP contribution in [-0.4, -0.2) is 18.0 Å². The molecule has 0 aliphatic heterocycles. The van der Waals surface area contributed by atoms with Crippen LogP contribution < -0.4 is 5.19 Å². The fourth-order valence-electron chi connectivity index (χ4n) is 5.72. The van der Waals surface area contributed by atoms with E-state index in [4.69, 9.17) is 5.48 Å². The number of halogens is 1. The zero-order valence-corrected chi connectivity index (χ0v) is 32.6. The first kappa shape index (κ1) is 31.2. The summed E-state index contributed by atoms with van der Waals surface area (Å²) in [5.41, 5.74) is 5.56. The van der Waals surface area contributed by atoms with Gasteiger partial charge in [0.25, 0.3) is 0 Å². The molecule has 3 heterocycles. The van der Waals surface area contributed by atoms with E-state index in [9.17, 15) is 4.39 Å². The van der Waals surface area contributed by atoms with Gasteiger partial charge in [0.15, 0.2) is 0 Å². The molecule has 3 aromatic heterocycles. The minimum absolute atomic E-state index is 0. The number of pyridine rings is 2. The molecule has 8 aromatic rings. The molecule has 5 aromatic carbocycles. The monoisotopic (exact) mass is 881 g/mol. The van der Waals surface area contributed by atoms with Crippen molar-refractivity contribution in [3.63, 3.8) is 0 Å². The molecule has 6 heteroatoms. The van der Waals surface area contributed by atoms with Crippen LogP contribution in [0.25, 0.3) is 42.7 Å². The van der Waals surface area contributed by atoms with Gasteiger partial charge in [-0.05, 0) is 80.4 Å². The molecule has 0 atom stereocenters. The van der Waals surface area contributed by atoms with Crippen LogP contribution in [0.15, 0.2) is 146 Å². The van der Waals surface area contributed by atoms with E-state index in [2.05, 4.69) is 41.7 Å². The Bertz CT molecular complexity index is 2560. The van der Waals surface area contributed by atoms with Crippen molar-refractivity contribution >= 4 is 44.8 Å². The predicted octanol–water partition coefficient (Wildman–Crippen LogP) is 11.3. The van der Waals surface area contributed by atoms with E-state index in [0.717, 1.165) is 47.7 Å². The number of rotatable bonds is 7. The summed E-state index contributed by atoms with van der Waals surface area (Å²) in [5.74, 6) is -0.261. The first-order chi connectivity index (χ1) is 25.8. The fourth-order valence-corrected chi connectivity index (χ4v) is 8.16. The van der Waals surface area contributed by atoms with E-state index in [1.54, 1.807) is 53.9 Å². The standard InChI is InChI=1S/C24H15FNS.C21H22NSi.Ir/c25-19-7-9-24-21(15-19)20-14-18(6-8-23(20)27-24)22-13-17(10-11-26-22)12-16-4-2-1-3-5-16;1-23(2,3)21-16-22-20(18-12-8-5-9-13-18)15-19(21)14-17-10-6-4-7-11-17;/h1-5,7-11,13-15H,12H2;4-12,15-16H,14H2,1-3H3;/q2*-1;/i12D2;14D2;. The third-order valence-electron chi connectivity index (χ3n) is 8.21. The number of hydrogen-bond donors (Lipinski definition) is 0.